The van der Waals surface area contributed by atoms with Crippen molar-refractivity contribution in [1.82, 2.24) is 10.2 Å². The van der Waals surface area contributed by atoms with Crippen molar-refractivity contribution >= 4 is 28.5 Å². The van der Waals surface area contributed by atoms with Crippen LogP contribution >= 0.6 is 11.3 Å². The quantitative estimate of drug-likeness (QED) is 0.521. The van der Waals surface area contributed by atoms with Crippen molar-refractivity contribution in [2.45, 2.75) is 19.8 Å². The van der Waals surface area contributed by atoms with E-state index in [1.807, 2.05) is 36.4 Å². The first-order valence-electron chi connectivity index (χ1n) is 9.19. The minimum atomic E-state index is -0.129. The van der Waals surface area contributed by atoms with Gasteiger partial charge in [-0.05, 0) is 24.1 Å². The van der Waals surface area contributed by atoms with Gasteiger partial charge in [0.1, 0.15) is 10.8 Å². The van der Waals surface area contributed by atoms with E-state index in [1.54, 1.807) is 30.2 Å². The Morgan fingerprint density at radius 1 is 1.18 bits per heavy atom. The highest BCUT2D eigenvalue weighted by molar-refractivity contribution is 7.18. The average molecular weight is 394 g/mol. The number of para-hydroxylation sites is 1. The second-order valence-corrected chi connectivity index (χ2v) is 7.18. The molecule has 6 heteroatoms. The minimum absolute atomic E-state index is 0.129. The first-order chi connectivity index (χ1) is 13.7. The summed E-state index contributed by atoms with van der Waals surface area (Å²) in [6, 6.07) is 15.2. The fourth-order valence-electron chi connectivity index (χ4n) is 2.77. The van der Waals surface area contributed by atoms with Gasteiger partial charge in [-0.25, -0.2) is 0 Å². The van der Waals surface area contributed by atoms with Crippen molar-refractivity contribution in [3.8, 4) is 16.3 Å². The van der Waals surface area contributed by atoms with Gasteiger partial charge >= 0.3 is 0 Å². The van der Waals surface area contributed by atoms with Gasteiger partial charge in [0.15, 0.2) is 0 Å². The number of unbranched alkanes of at least 4 members (excludes halogenated alkanes) is 1. The zero-order valence-electron chi connectivity index (χ0n) is 16.1. The number of rotatable bonds is 8. The molecule has 0 atom stereocenters. The van der Waals surface area contributed by atoms with Crippen LogP contribution in [0.25, 0.3) is 16.6 Å². The molecule has 0 bridgehead atoms. The molecule has 0 saturated heterocycles. The summed E-state index contributed by atoms with van der Waals surface area (Å²) in [7, 11) is 1.57. The highest BCUT2D eigenvalue weighted by Gasteiger charge is 2.24. The minimum Gasteiger partial charge on any atom is -0.496 e. The fourth-order valence-corrected chi connectivity index (χ4v) is 3.64. The number of aromatic nitrogens is 2. The molecule has 1 heterocycles. The molecule has 5 nitrogen and oxygen atoms in total. The molecular formula is C22H23N3O2S. The lowest BCUT2D eigenvalue weighted by molar-refractivity contribution is 0.0983. The van der Waals surface area contributed by atoms with Crippen LogP contribution in [0.2, 0.25) is 0 Å². The summed E-state index contributed by atoms with van der Waals surface area (Å²) in [5.41, 5.74) is 2.53. The third kappa shape index (κ3) is 4.28. The van der Waals surface area contributed by atoms with Crippen LogP contribution < -0.4 is 9.64 Å². The molecular weight excluding hydrogens is 370 g/mol. The molecule has 0 saturated carbocycles. The van der Waals surface area contributed by atoms with Crippen LogP contribution in [0.5, 0.6) is 5.75 Å². The van der Waals surface area contributed by atoms with Crippen LogP contribution in [0.3, 0.4) is 0 Å². The molecule has 0 N–H and O–H groups in total. The van der Waals surface area contributed by atoms with Gasteiger partial charge in [-0.15, -0.1) is 10.2 Å². The number of hydrogen-bond donors (Lipinski definition) is 0. The van der Waals surface area contributed by atoms with Crippen molar-refractivity contribution in [2.24, 2.45) is 0 Å². The van der Waals surface area contributed by atoms with E-state index in [1.165, 1.54) is 11.3 Å². The number of nitrogens with zero attached hydrogens (tertiary/aromatic N) is 3. The number of carbonyl (C=O) groups excluding carboxylic acids is 1. The lowest BCUT2D eigenvalue weighted by atomic mass is 10.1. The van der Waals surface area contributed by atoms with Crippen LogP contribution in [-0.4, -0.2) is 29.8 Å². The molecule has 1 aromatic heterocycles. The first kappa shape index (κ1) is 19.8. The Labute approximate surface area is 169 Å². The Hall–Kier alpha value is -2.99. The van der Waals surface area contributed by atoms with Crippen molar-refractivity contribution < 1.29 is 9.53 Å². The first-order valence-corrected chi connectivity index (χ1v) is 10.0. The van der Waals surface area contributed by atoms with Crippen LogP contribution in [0.4, 0.5) is 5.13 Å². The molecule has 0 aliphatic carbocycles. The van der Waals surface area contributed by atoms with Crippen LogP contribution in [0.1, 0.15) is 35.7 Å². The fraction of sp³-hybridized carbons (Fsp3) is 0.227. The Bertz CT molecular complexity index is 950. The third-order valence-electron chi connectivity index (χ3n) is 4.36. The number of ether oxygens (including phenoxy) is 1. The molecule has 3 rings (SSSR count). The molecule has 1 amide bonds. The van der Waals surface area contributed by atoms with Crippen molar-refractivity contribution in [1.29, 1.82) is 0 Å². The van der Waals surface area contributed by atoms with E-state index < -0.39 is 0 Å². The molecule has 0 fully saturated rings. The molecule has 0 aliphatic rings. The smallest absolute Gasteiger partial charge is 0.263 e. The van der Waals surface area contributed by atoms with Gasteiger partial charge in [0.25, 0.3) is 5.91 Å². The average Bonchev–Trinajstić information content (AvgIpc) is 3.23. The lowest BCUT2D eigenvalue weighted by Gasteiger charge is -2.20. The highest BCUT2D eigenvalue weighted by Crippen LogP contribution is 2.31. The molecule has 0 unspecified atom stereocenters. The van der Waals surface area contributed by atoms with Crippen molar-refractivity contribution in [3.05, 3.63) is 66.2 Å². The number of amides is 1. The third-order valence-corrected chi connectivity index (χ3v) is 5.35. The second-order valence-electron chi connectivity index (χ2n) is 6.23. The topological polar surface area (TPSA) is 55.3 Å². The Morgan fingerprint density at radius 3 is 2.61 bits per heavy atom. The summed E-state index contributed by atoms with van der Waals surface area (Å²) in [5.74, 6) is 0.425. The second kappa shape index (κ2) is 9.28. The van der Waals surface area contributed by atoms with E-state index in [-0.39, 0.29) is 5.91 Å². The molecule has 0 aliphatic heterocycles. The normalized spacial score (nSPS) is 10.5. The SMILES string of the molecule is C=Cc1ccc(-c2nnc(N(CCCC)C(=O)c3ccccc3OC)s2)cc1. The monoisotopic (exact) mass is 393 g/mol. The lowest BCUT2D eigenvalue weighted by Crippen LogP contribution is -2.32. The Kier molecular flexibility index (Phi) is 6.55. The molecule has 28 heavy (non-hydrogen) atoms. The van der Waals surface area contributed by atoms with Crippen LogP contribution in [0.15, 0.2) is 55.1 Å². The number of carbonyl (C=O) groups is 1. The number of benzene rings is 2. The summed E-state index contributed by atoms with van der Waals surface area (Å²) in [4.78, 5) is 14.9. The van der Waals surface area contributed by atoms with Gasteiger partial charge < -0.3 is 4.74 Å². The zero-order valence-corrected chi connectivity index (χ0v) is 16.9. The van der Waals surface area contributed by atoms with Crippen molar-refractivity contribution in [3.63, 3.8) is 0 Å². The zero-order chi connectivity index (χ0) is 19.9. The molecule has 0 spiro atoms. The van der Waals surface area contributed by atoms with E-state index in [2.05, 4.69) is 23.7 Å². The maximum atomic E-state index is 13.2. The van der Waals surface area contributed by atoms with Crippen LogP contribution in [0, 0.1) is 0 Å². The standard InChI is InChI=1S/C22H23N3O2S/c1-4-6-15-25(21(26)18-9-7-8-10-19(18)27-3)22-24-23-20(28-22)17-13-11-16(5-2)12-14-17/h5,7-14H,2,4,6,15H2,1,3H3. The highest BCUT2D eigenvalue weighted by atomic mass is 32.1. The van der Waals surface area contributed by atoms with E-state index in [0.717, 1.165) is 29.0 Å². The van der Waals surface area contributed by atoms with Crippen LogP contribution in [-0.2, 0) is 0 Å². The summed E-state index contributed by atoms with van der Waals surface area (Å²) in [6.07, 6.45) is 3.65. The Morgan fingerprint density at radius 2 is 1.93 bits per heavy atom. The Balaban J connectivity index is 1.92. The number of anilines is 1. The van der Waals surface area contributed by atoms with Gasteiger partial charge in [0.05, 0.1) is 12.7 Å². The largest absolute Gasteiger partial charge is 0.496 e. The summed E-state index contributed by atoms with van der Waals surface area (Å²) in [6.45, 7) is 6.45. The molecule has 144 valence electrons. The van der Waals surface area contributed by atoms with E-state index in [4.69, 9.17) is 4.74 Å². The molecule has 3 aromatic rings. The summed E-state index contributed by atoms with van der Waals surface area (Å²) >= 11 is 1.41. The van der Waals surface area contributed by atoms with E-state index in [0.29, 0.717) is 23.0 Å². The number of hydrogen-bond acceptors (Lipinski definition) is 5. The molecule has 0 radical (unpaired) electrons. The van der Waals surface area contributed by atoms with E-state index in [9.17, 15) is 4.79 Å². The predicted octanol–water partition coefficient (Wildman–Crippen LogP) is 5.30. The van der Waals surface area contributed by atoms with E-state index >= 15 is 0 Å². The maximum Gasteiger partial charge on any atom is 0.263 e. The van der Waals surface area contributed by atoms with Crippen molar-refractivity contribution in [2.75, 3.05) is 18.6 Å². The van der Waals surface area contributed by atoms with Gasteiger partial charge in [-0.1, -0.05) is 73.7 Å². The molecule has 2 aromatic carbocycles. The van der Waals surface area contributed by atoms with Gasteiger partial charge in [-0.3, -0.25) is 9.69 Å². The summed E-state index contributed by atoms with van der Waals surface area (Å²) < 4.78 is 5.37. The predicted molar refractivity (Wildman–Crippen MR) is 115 cm³/mol. The van der Waals surface area contributed by atoms with Gasteiger partial charge in [0.2, 0.25) is 5.13 Å². The van der Waals surface area contributed by atoms with Gasteiger partial charge in [-0.2, -0.15) is 0 Å². The number of methoxy groups -OCH3 is 1. The van der Waals surface area contributed by atoms with Gasteiger partial charge in [0, 0.05) is 12.1 Å². The maximum absolute atomic E-state index is 13.2. The summed E-state index contributed by atoms with van der Waals surface area (Å²) in [5, 5.41) is 9.98.